The van der Waals surface area contributed by atoms with Crippen LogP contribution >= 0.6 is 11.3 Å². The minimum atomic E-state index is -0.809. The van der Waals surface area contributed by atoms with Gasteiger partial charge in [0, 0.05) is 10.9 Å². The molecule has 0 saturated carbocycles. The molecule has 2 aromatic heterocycles. The lowest BCUT2D eigenvalue weighted by molar-refractivity contribution is 0.0588. The van der Waals surface area contributed by atoms with Crippen LogP contribution < -0.4 is 0 Å². The number of carbonyl (C=O) groups is 1. The molecular formula is C10H7FN2O2S. The molecular weight excluding hydrogens is 231 g/mol. The fourth-order valence-corrected chi connectivity index (χ4v) is 1.85. The van der Waals surface area contributed by atoms with Crippen LogP contribution in [0.5, 0.6) is 0 Å². The predicted octanol–water partition coefficient (Wildman–Crippen LogP) is 2.13. The summed E-state index contributed by atoms with van der Waals surface area (Å²) in [5, 5.41) is 3.54. The summed E-state index contributed by atoms with van der Waals surface area (Å²) >= 11 is 1.42. The molecule has 6 heteroatoms. The van der Waals surface area contributed by atoms with Crippen LogP contribution in [-0.2, 0) is 4.74 Å². The molecule has 0 radical (unpaired) electrons. The molecule has 2 heterocycles. The van der Waals surface area contributed by atoms with Crippen LogP contribution in [0, 0.1) is 5.82 Å². The van der Waals surface area contributed by atoms with E-state index in [1.165, 1.54) is 18.4 Å². The summed E-state index contributed by atoms with van der Waals surface area (Å²) in [4.78, 5) is 18.6. The normalized spacial score (nSPS) is 10.1. The quantitative estimate of drug-likeness (QED) is 0.752. The van der Waals surface area contributed by atoms with E-state index in [4.69, 9.17) is 0 Å². The molecule has 4 nitrogen and oxygen atoms in total. The Morgan fingerprint density at radius 3 is 2.94 bits per heavy atom. The number of hydrogen-bond donors (Lipinski definition) is 0. The number of methoxy groups -OCH3 is 1. The van der Waals surface area contributed by atoms with Gasteiger partial charge in [0.1, 0.15) is 12.0 Å². The number of nitrogens with zero attached hydrogens (tertiary/aromatic N) is 2. The third kappa shape index (κ3) is 1.79. The Morgan fingerprint density at radius 1 is 1.50 bits per heavy atom. The van der Waals surface area contributed by atoms with E-state index in [0.29, 0.717) is 5.56 Å². The first-order valence-corrected chi connectivity index (χ1v) is 5.29. The molecule has 0 saturated heterocycles. The number of hydrogen-bond acceptors (Lipinski definition) is 5. The average Bonchev–Trinajstić information content (AvgIpc) is 2.82. The fourth-order valence-electron chi connectivity index (χ4n) is 1.21. The van der Waals surface area contributed by atoms with Gasteiger partial charge in [-0.15, -0.1) is 0 Å². The Bertz CT molecular complexity index is 514. The third-order valence-electron chi connectivity index (χ3n) is 1.96. The lowest BCUT2D eigenvalue weighted by atomic mass is 10.2. The largest absolute Gasteiger partial charge is 0.464 e. The fraction of sp³-hybridized carbons (Fsp3) is 0.100. The maximum atomic E-state index is 13.9. The van der Waals surface area contributed by atoms with Gasteiger partial charge in [0.25, 0.3) is 0 Å². The third-order valence-corrected chi connectivity index (χ3v) is 2.65. The van der Waals surface area contributed by atoms with Crippen molar-refractivity contribution in [2.24, 2.45) is 0 Å². The smallest absolute Gasteiger partial charge is 0.359 e. The maximum absolute atomic E-state index is 13.9. The summed E-state index contributed by atoms with van der Waals surface area (Å²) in [6.07, 6.45) is 1.14. The molecule has 2 rings (SSSR count). The number of esters is 1. The van der Waals surface area contributed by atoms with Crippen LogP contribution in [0.25, 0.3) is 11.3 Å². The molecule has 0 N–H and O–H groups in total. The molecule has 2 aromatic rings. The van der Waals surface area contributed by atoms with Crippen molar-refractivity contribution in [3.63, 3.8) is 0 Å². The Hall–Kier alpha value is -1.82. The average molecular weight is 238 g/mol. The van der Waals surface area contributed by atoms with Crippen LogP contribution in [0.15, 0.2) is 23.2 Å². The topological polar surface area (TPSA) is 52.1 Å². The molecule has 82 valence electrons. The van der Waals surface area contributed by atoms with Crippen LogP contribution in [0.3, 0.4) is 0 Å². The molecule has 0 aromatic carbocycles. The Kier molecular flexibility index (Phi) is 2.91. The van der Waals surface area contributed by atoms with E-state index in [1.54, 1.807) is 16.8 Å². The van der Waals surface area contributed by atoms with Gasteiger partial charge >= 0.3 is 5.97 Å². The van der Waals surface area contributed by atoms with Crippen molar-refractivity contribution in [3.05, 3.63) is 34.7 Å². The van der Waals surface area contributed by atoms with E-state index in [0.717, 1.165) is 6.33 Å². The highest BCUT2D eigenvalue weighted by Crippen LogP contribution is 2.23. The molecule has 0 unspecified atom stereocenters. The van der Waals surface area contributed by atoms with Gasteiger partial charge in [-0.2, -0.15) is 11.3 Å². The van der Waals surface area contributed by atoms with E-state index in [-0.39, 0.29) is 11.4 Å². The van der Waals surface area contributed by atoms with Gasteiger partial charge in [-0.1, -0.05) is 0 Å². The maximum Gasteiger partial charge on any atom is 0.359 e. The van der Waals surface area contributed by atoms with Crippen molar-refractivity contribution >= 4 is 17.3 Å². The summed E-state index contributed by atoms with van der Waals surface area (Å²) in [5.74, 6) is -1.57. The van der Waals surface area contributed by atoms with Crippen molar-refractivity contribution in [1.29, 1.82) is 0 Å². The second kappa shape index (κ2) is 4.36. The van der Waals surface area contributed by atoms with E-state index in [9.17, 15) is 9.18 Å². The van der Waals surface area contributed by atoms with Crippen molar-refractivity contribution in [2.75, 3.05) is 7.11 Å². The van der Waals surface area contributed by atoms with Gasteiger partial charge in [0.15, 0.2) is 11.5 Å². The molecule has 0 atom stereocenters. The standard InChI is InChI=1S/C10H7FN2O2S/c1-15-10(14)9-7(11)8(12-5-13-9)6-2-3-16-4-6/h2-5H,1H3. The Labute approximate surface area is 94.7 Å². The summed E-state index contributed by atoms with van der Waals surface area (Å²) < 4.78 is 18.3. The molecule has 16 heavy (non-hydrogen) atoms. The summed E-state index contributed by atoms with van der Waals surface area (Å²) in [6.45, 7) is 0. The van der Waals surface area contributed by atoms with Crippen molar-refractivity contribution < 1.29 is 13.9 Å². The van der Waals surface area contributed by atoms with E-state index >= 15 is 0 Å². The van der Waals surface area contributed by atoms with Gasteiger partial charge in [-0.3, -0.25) is 0 Å². The molecule has 0 bridgehead atoms. The van der Waals surface area contributed by atoms with E-state index in [1.807, 2.05) is 0 Å². The van der Waals surface area contributed by atoms with Gasteiger partial charge in [-0.05, 0) is 11.4 Å². The molecule has 0 spiro atoms. The lowest BCUT2D eigenvalue weighted by Gasteiger charge is -2.03. The minimum absolute atomic E-state index is 0.108. The molecule has 0 aliphatic rings. The predicted molar refractivity (Wildman–Crippen MR) is 56.6 cm³/mol. The van der Waals surface area contributed by atoms with Gasteiger partial charge < -0.3 is 4.74 Å². The molecule has 0 fully saturated rings. The lowest BCUT2D eigenvalue weighted by Crippen LogP contribution is -2.09. The van der Waals surface area contributed by atoms with Gasteiger partial charge in [0.05, 0.1) is 7.11 Å². The number of halogens is 1. The number of thiophene rings is 1. The number of aromatic nitrogens is 2. The number of rotatable bonds is 2. The van der Waals surface area contributed by atoms with Crippen molar-refractivity contribution in [3.8, 4) is 11.3 Å². The zero-order valence-electron chi connectivity index (χ0n) is 8.31. The SMILES string of the molecule is COC(=O)c1ncnc(-c2ccsc2)c1F. The highest BCUT2D eigenvalue weighted by molar-refractivity contribution is 7.08. The first kappa shape index (κ1) is 10.7. The summed E-state index contributed by atoms with van der Waals surface area (Å²) in [5.41, 5.74) is 0.380. The van der Waals surface area contributed by atoms with Crippen molar-refractivity contribution in [1.82, 2.24) is 9.97 Å². The number of carbonyl (C=O) groups excluding carboxylic acids is 1. The highest BCUT2D eigenvalue weighted by Gasteiger charge is 2.19. The zero-order valence-corrected chi connectivity index (χ0v) is 9.12. The first-order chi connectivity index (χ1) is 7.74. The zero-order chi connectivity index (χ0) is 11.5. The van der Waals surface area contributed by atoms with Crippen LogP contribution in [-0.4, -0.2) is 23.0 Å². The second-order valence-electron chi connectivity index (χ2n) is 2.89. The summed E-state index contributed by atoms with van der Waals surface area (Å²) in [7, 11) is 1.17. The van der Waals surface area contributed by atoms with E-state index in [2.05, 4.69) is 14.7 Å². The van der Waals surface area contributed by atoms with Crippen LogP contribution in [0.4, 0.5) is 4.39 Å². The Balaban J connectivity index is 2.53. The second-order valence-corrected chi connectivity index (χ2v) is 3.67. The molecule has 0 amide bonds. The first-order valence-electron chi connectivity index (χ1n) is 4.35. The summed E-state index contributed by atoms with van der Waals surface area (Å²) in [6, 6.07) is 1.72. The van der Waals surface area contributed by atoms with Crippen molar-refractivity contribution in [2.45, 2.75) is 0 Å². The van der Waals surface area contributed by atoms with Crippen LogP contribution in [0.2, 0.25) is 0 Å². The molecule has 0 aliphatic carbocycles. The van der Waals surface area contributed by atoms with Gasteiger partial charge in [-0.25, -0.2) is 19.2 Å². The highest BCUT2D eigenvalue weighted by atomic mass is 32.1. The number of ether oxygens (including phenoxy) is 1. The van der Waals surface area contributed by atoms with Gasteiger partial charge in [0.2, 0.25) is 0 Å². The van der Waals surface area contributed by atoms with E-state index < -0.39 is 11.8 Å². The van der Waals surface area contributed by atoms with Crippen LogP contribution in [0.1, 0.15) is 10.5 Å². The minimum Gasteiger partial charge on any atom is -0.464 e. The Morgan fingerprint density at radius 2 is 2.31 bits per heavy atom. The molecule has 0 aliphatic heterocycles. The monoisotopic (exact) mass is 238 g/mol.